The van der Waals surface area contributed by atoms with Crippen LogP contribution < -0.4 is 10.5 Å². The van der Waals surface area contributed by atoms with Gasteiger partial charge in [-0.1, -0.05) is 24.6 Å². The molecule has 7 nitrogen and oxygen atoms in total. The minimum absolute atomic E-state index is 0.0592. The van der Waals surface area contributed by atoms with E-state index in [2.05, 4.69) is 14.9 Å². The van der Waals surface area contributed by atoms with Gasteiger partial charge in [-0.25, -0.2) is 9.37 Å². The molecule has 0 radical (unpaired) electrons. The second-order valence-corrected chi connectivity index (χ2v) is 8.09. The van der Waals surface area contributed by atoms with Crippen molar-refractivity contribution in [3.8, 4) is 0 Å². The fraction of sp³-hybridized carbons (Fsp3) is 0.476. The molecule has 160 valence electrons. The molecule has 30 heavy (non-hydrogen) atoms. The maximum absolute atomic E-state index is 14.2. The van der Waals surface area contributed by atoms with Gasteiger partial charge in [0.1, 0.15) is 11.3 Å². The van der Waals surface area contributed by atoms with Crippen LogP contribution in [0.1, 0.15) is 25.3 Å². The fourth-order valence-electron chi connectivity index (χ4n) is 4.05. The van der Waals surface area contributed by atoms with Gasteiger partial charge in [0.2, 0.25) is 5.95 Å². The Kier molecular flexibility index (Phi) is 6.06. The molecule has 2 aromatic heterocycles. The first-order valence-corrected chi connectivity index (χ1v) is 10.7. The number of nitrogens with zero attached hydrogens (tertiary/aromatic N) is 6. The lowest BCUT2D eigenvalue weighted by molar-refractivity contribution is 0.281. The van der Waals surface area contributed by atoms with Gasteiger partial charge in [0.15, 0.2) is 5.52 Å². The third-order valence-corrected chi connectivity index (χ3v) is 5.95. The maximum Gasteiger partial charge on any atom is 0.281 e. The lowest BCUT2D eigenvalue weighted by Gasteiger charge is -2.25. The SMILES string of the molecule is CCCn1c(N2CCCN(Cc3c(F)cccc3Cl)CC2)nc2cnn(C)c2c1=O. The Bertz CT molecular complexity index is 1090. The highest BCUT2D eigenvalue weighted by atomic mass is 35.5. The summed E-state index contributed by atoms with van der Waals surface area (Å²) in [4.78, 5) is 22.2. The van der Waals surface area contributed by atoms with E-state index in [1.807, 2.05) is 6.92 Å². The highest BCUT2D eigenvalue weighted by molar-refractivity contribution is 6.31. The van der Waals surface area contributed by atoms with Crippen molar-refractivity contribution >= 4 is 28.6 Å². The predicted octanol–water partition coefficient (Wildman–Crippen LogP) is 3.04. The Hall–Kier alpha value is -2.45. The van der Waals surface area contributed by atoms with Crippen LogP contribution >= 0.6 is 11.6 Å². The molecule has 0 spiro atoms. The predicted molar refractivity (Wildman–Crippen MR) is 117 cm³/mol. The second kappa shape index (κ2) is 8.73. The summed E-state index contributed by atoms with van der Waals surface area (Å²) in [7, 11) is 1.76. The molecule has 0 saturated carbocycles. The molecule has 0 unspecified atom stereocenters. The van der Waals surface area contributed by atoms with Crippen molar-refractivity contribution in [2.24, 2.45) is 7.05 Å². The molecule has 0 atom stereocenters. The average molecular weight is 433 g/mol. The summed E-state index contributed by atoms with van der Waals surface area (Å²) >= 11 is 6.21. The summed E-state index contributed by atoms with van der Waals surface area (Å²) in [5, 5.41) is 4.66. The van der Waals surface area contributed by atoms with E-state index in [-0.39, 0.29) is 11.4 Å². The molecule has 0 bridgehead atoms. The van der Waals surface area contributed by atoms with Crippen LogP contribution in [0.3, 0.4) is 0 Å². The fourth-order valence-corrected chi connectivity index (χ4v) is 4.27. The number of aromatic nitrogens is 4. The van der Waals surface area contributed by atoms with E-state index in [1.54, 1.807) is 34.6 Å². The van der Waals surface area contributed by atoms with Gasteiger partial charge in [0.05, 0.1) is 6.20 Å². The number of hydrogen-bond acceptors (Lipinski definition) is 5. The molecule has 0 aliphatic carbocycles. The standard InChI is InChI=1S/C21H26ClFN6O/c1-3-8-29-20(30)19-18(13-24-26(19)2)25-21(29)28-10-5-9-27(11-12-28)14-15-16(22)6-4-7-17(15)23/h4,6-7,13H,3,5,8-12,14H2,1-2H3. The number of rotatable bonds is 5. The molecule has 4 rings (SSSR count). The molecule has 0 N–H and O–H groups in total. The monoisotopic (exact) mass is 432 g/mol. The molecule has 9 heteroatoms. The van der Waals surface area contributed by atoms with Crippen LogP contribution in [0.15, 0.2) is 29.2 Å². The summed E-state index contributed by atoms with van der Waals surface area (Å²) < 4.78 is 17.5. The summed E-state index contributed by atoms with van der Waals surface area (Å²) in [6.07, 6.45) is 3.36. The van der Waals surface area contributed by atoms with Crippen molar-refractivity contribution < 1.29 is 4.39 Å². The minimum atomic E-state index is -0.274. The number of aryl methyl sites for hydroxylation is 1. The van der Waals surface area contributed by atoms with Crippen LogP contribution in [-0.4, -0.2) is 50.4 Å². The average Bonchev–Trinajstić information content (AvgIpc) is 2.94. The molecule has 0 amide bonds. The number of hydrogen-bond donors (Lipinski definition) is 0. The topological polar surface area (TPSA) is 59.2 Å². The van der Waals surface area contributed by atoms with E-state index in [4.69, 9.17) is 16.6 Å². The van der Waals surface area contributed by atoms with Gasteiger partial charge in [0, 0.05) is 56.9 Å². The van der Waals surface area contributed by atoms with Crippen LogP contribution in [0.4, 0.5) is 10.3 Å². The highest BCUT2D eigenvalue weighted by Crippen LogP contribution is 2.22. The van der Waals surface area contributed by atoms with Gasteiger partial charge < -0.3 is 4.90 Å². The third-order valence-electron chi connectivity index (χ3n) is 5.59. The number of halogens is 2. The minimum Gasteiger partial charge on any atom is -0.341 e. The maximum atomic E-state index is 14.2. The Morgan fingerprint density at radius 3 is 2.80 bits per heavy atom. The van der Waals surface area contributed by atoms with Crippen molar-refractivity contribution in [2.75, 3.05) is 31.1 Å². The van der Waals surface area contributed by atoms with Crippen LogP contribution in [0, 0.1) is 5.82 Å². The molecule has 1 fully saturated rings. The zero-order valence-electron chi connectivity index (χ0n) is 17.3. The van der Waals surface area contributed by atoms with Gasteiger partial charge >= 0.3 is 0 Å². The van der Waals surface area contributed by atoms with Crippen LogP contribution in [0.5, 0.6) is 0 Å². The van der Waals surface area contributed by atoms with Gasteiger partial charge in [-0.05, 0) is 25.0 Å². The molecular weight excluding hydrogens is 407 g/mol. The van der Waals surface area contributed by atoms with Gasteiger partial charge in [0.25, 0.3) is 5.56 Å². The van der Waals surface area contributed by atoms with Crippen LogP contribution in [0.2, 0.25) is 5.02 Å². The van der Waals surface area contributed by atoms with Crippen LogP contribution in [-0.2, 0) is 20.1 Å². The quantitative estimate of drug-likeness (QED) is 0.620. The Labute approximate surface area is 179 Å². The van der Waals surface area contributed by atoms with Gasteiger partial charge in [-0.15, -0.1) is 0 Å². The molecule has 1 aromatic carbocycles. The zero-order valence-corrected chi connectivity index (χ0v) is 18.1. The summed E-state index contributed by atoms with van der Waals surface area (Å²) in [5.41, 5.74) is 1.61. The zero-order chi connectivity index (χ0) is 21.3. The molecule has 3 aromatic rings. The first kappa shape index (κ1) is 20.8. The van der Waals surface area contributed by atoms with Crippen molar-refractivity contribution in [2.45, 2.75) is 32.9 Å². The summed E-state index contributed by atoms with van der Waals surface area (Å²) in [5.74, 6) is 0.414. The Balaban J connectivity index is 1.59. The largest absolute Gasteiger partial charge is 0.341 e. The molecular formula is C21H26ClFN6O. The summed E-state index contributed by atoms with van der Waals surface area (Å²) in [6.45, 7) is 6.17. The normalized spacial score (nSPS) is 15.7. The smallest absolute Gasteiger partial charge is 0.281 e. The van der Waals surface area contributed by atoms with Crippen LogP contribution in [0.25, 0.3) is 11.0 Å². The summed E-state index contributed by atoms with van der Waals surface area (Å²) in [6, 6.07) is 4.79. The first-order chi connectivity index (χ1) is 14.5. The van der Waals surface area contributed by atoms with E-state index in [0.717, 1.165) is 32.5 Å². The van der Waals surface area contributed by atoms with E-state index in [1.165, 1.54) is 6.07 Å². The van der Waals surface area contributed by atoms with Crippen molar-refractivity contribution in [3.63, 3.8) is 0 Å². The lowest BCUT2D eigenvalue weighted by Crippen LogP contribution is -2.36. The van der Waals surface area contributed by atoms with E-state index in [0.29, 0.717) is 47.2 Å². The molecule has 1 saturated heterocycles. The number of anilines is 1. The van der Waals surface area contributed by atoms with Crippen molar-refractivity contribution in [3.05, 3.63) is 51.2 Å². The molecule has 3 heterocycles. The van der Waals surface area contributed by atoms with Crippen molar-refractivity contribution in [1.82, 2.24) is 24.2 Å². The highest BCUT2D eigenvalue weighted by Gasteiger charge is 2.22. The number of fused-ring (bicyclic) bond motifs is 1. The van der Waals surface area contributed by atoms with E-state index in [9.17, 15) is 9.18 Å². The van der Waals surface area contributed by atoms with E-state index >= 15 is 0 Å². The Morgan fingerprint density at radius 1 is 1.20 bits per heavy atom. The molecule has 1 aliphatic rings. The number of benzene rings is 1. The second-order valence-electron chi connectivity index (χ2n) is 7.69. The Morgan fingerprint density at radius 2 is 2.03 bits per heavy atom. The van der Waals surface area contributed by atoms with Crippen molar-refractivity contribution in [1.29, 1.82) is 0 Å². The van der Waals surface area contributed by atoms with Gasteiger partial charge in [-0.2, -0.15) is 5.10 Å². The van der Waals surface area contributed by atoms with E-state index < -0.39 is 0 Å². The third kappa shape index (κ3) is 3.94. The lowest BCUT2D eigenvalue weighted by atomic mass is 10.2. The molecule has 1 aliphatic heterocycles. The first-order valence-electron chi connectivity index (χ1n) is 10.3. The van der Waals surface area contributed by atoms with Gasteiger partial charge in [-0.3, -0.25) is 18.9 Å².